The van der Waals surface area contributed by atoms with Gasteiger partial charge in [-0.15, -0.1) is 9.24 Å². The summed E-state index contributed by atoms with van der Waals surface area (Å²) in [7, 11) is 2.75. The van der Waals surface area contributed by atoms with Crippen LogP contribution in [0, 0.1) is 17.8 Å². The minimum atomic E-state index is -0.975. The minimum absolute atomic E-state index is 0.0262. The lowest BCUT2D eigenvalue weighted by molar-refractivity contribution is -0.00155. The van der Waals surface area contributed by atoms with E-state index in [1.54, 1.807) is 6.92 Å². The van der Waals surface area contributed by atoms with Gasteiger partial charge in [-0.05, 0) is 75.4 Å². The van der Waals surface area contributed by atoms with Crippen LogP contribution in [0.25, 0.3) is 0 Å². The van der Waals surface area contributed by atoms with Crippen LogP contribution in [-0.4, -0.2) is 19.1 Å². The number of halogens is 2. The van der Waals surface area contributed by atoms with Gasteiger partial charge < -0.3 is 9.47 Å². The highest BCUT2D eigenvalue weighted by Gasteiger charge is 2.30. The lowest BCUT2D eigenvalue weighted by Crippen LogP contribution is -2.31. The minimum Gasteiger partial charge on any atom is -0.490 e. The third-order valence-electron chi connectivity index (χ3n) is 5.25. The Morgan fingerprint density at radius 1 is 1.17 bits per heavy atom. The van der Waals surface area contributed by atoms with Crippen molar-refractivity contribution in [2.45, 2.75) is 51.3 Å². The maximum Gasteiger partial charge on any atom is 0.200 e. The molecule has 0 amide bonds. The highest BCUT2D eigenvalue weighted by molar-refractivity contribution is 7.17. The molecule has 0 aromatic heterocycles. The lowest BCUT2D eigenvalue weighted by atomic mass is 9.74. The molecule has 3 unspecified atom stereocenters. The lowest BCUT2D eigenvalue weighted by Gasteiger charge is -2.37. The highest BCUT2D eigenvalue weighted by Crippen LogP contribution is 2.38. The van der Waals surface area contributed by atoms with E-state index in [-0.39, 0.29) is 5.76 Å². The topological polar surface area (TPSA) is 18.5 Å². The zero-order chi connectivity index (χ0) is 17.5. The quantitative estimate of drug-likeness (QED) is 0.346. The Labute approximate surface area is 146 Å². The molecule has 0 N–H and O–H groups in total. The number of hydrogen-bond acceptors (Lipinski definition) is 2. The first kappa shape index (κ1) is 19.6. The Morgan fingerprint density at radius 2 is 1.83 bits per heavy atom. The second kappa shape index (κ2) is 9.68. The molecule has 1 aliphatic heterocycles. The van der Waals surface area contributed by atoms with Crippen molar-refractivity contribution in [3.8, 4) is 0 Å². The summed E-state index contributed by atoms with van der Waals surface area (Å²) in [6.45, 7) is 6.20. The van der Waals surface area contributed by atoms with E-state index in [4.69, 9.17) is 9.47 Å². The van der Waals surface area contributed by atoms with Crippen LogP contribution >= 0.6 is 9.24 Å². The van der Waals surface area contributed by atoms with Gasteiger partial charge in [0.2, 0.25) is 0 Å². The van der Waals surface area contributed by atoms with Crippen molar-refractivity contribution in [2.75, 3.05) is 13.2 Å². The van der Waals surface area contributed by atoms with Crippen molar-refractivity contribution in [1.29, 1.82) is 0 Å². The van der Waals surface area contributed by atoms with Gasteiger partial charge in [-0.2, -0.15) is 4.39 Å². The predicted octanol–water partition coefficient (Wildman–Crippen LogP) is 5.68. The van der Waals surface area contributed by atoms with Crippen LogP contribution in [0.2, 0.25) is 0 Å². The normalized spacial score (nSPS) is 32.9. The van der Waals surface area contributed by atoms with Crippen molar-refractivity contribution in [1.82, 2.24) is 0 Å². The third kappa shape index (κ3) is 5.39. The van der Waals surface area contributed by atoms with E-state index in [2.05, 4.69) is 15.8 Å². The van der Waals surface area contributed by atoms with Crippen LogP contribution in [0.15, 0.2) is 36.1 Å². The molecule has 2 fully saturated rings. The Balaban J connectivity index is 1.76. The van der Waals surface area contributed by atoms with E-state index >= 15 is 0 Å². The first-order valence-corrected chi connectivity index (χ1v) is 9.56. The van der Waals surface area contributed by atoms with E-state index in [0.717, 1.165) is 37.9 Å². The van der Waals surface area contributed by atoms with Gasteiger partial charge in [0.1, 0.15) is 0 Å². The van der Waals surface area contributed by atoms with Gasteiger partial charge in [0.15, 0.2) is 17.4 Å². The van der Waals surface area contributed by atoms with Crippen molar-refractivity contribution >= 4 is 9.24 Å². The smallest absolute Gasteiger partial charge is 0.200 e. The summed E-state index contributed by atoms with van der Waals surface area (Å²) >= 11 is 0. The van der Waals surface area contributed by atoms with Gasteiger partial charge in [0, 0.05) is 0 Å². The molecule has 5 heteroatoms. The second-order valence-electron chi connectivity index (χ2n) is 6.82. The fourth-order valence-electron chi connectivity index (χ4n) is 3.68. The molecule has 2 rings (SSSR count). The maximum absolute atomic E-state index is 13.8. The number of rotatable bonds is 6. The molecule has 0 aromatic carbocycles. The molecule has 1 saturated heterocycles. The van der Waals surface area contributed by atoms with Crippen LogP contribution in [0.4, 0.5) is 8.78 Å². The van der Waals surface area contributed by atoms with Gasteiger partial charge in [-0.3, -0.25) is 0 Å². The number of allylic oxidation sites excluding steroid dienone is 4. The van der Waals surface area contributed by atoms with Crippen LogP contribution < -0.4 is 0 Å². The second-order valence-corrected chi connectivity index (χ2v) is 7.56. The molecule has 0 bridgehead atoms. The largest absolute Gasteiger partial charge is 0.490 e. The summed E-state index contributed by atoms with van der Waals surface area (Å²) in [6, 6.07) is 0. The average Bonchev–Trinajstić information content (AvgIpc) is 2.62. The highest BCUT2D eigenvalue weighted by atomic mass is 31.0. The molecule has 2 nitrogen and oxygen atoms in total. The Hall–Kier alpha value is -0.730. The van der Waals surface area contributed by atoms with Gasteiger partial charge in [0.25, 0.3) is 0 Å². The van der Waals surface area contributed by atoms with Crippen molar-refractivity contribution in [3.63, 3.8) is 0 Å². The summed E-state index contributed by atoms with van der Waals surface area (Å²) in [5.41, 5.74) is 0. The van der Waals surface area contributed by atoms with E-state index < -0.39 is 11.7 Å². The average molecular weight is 358 g/mol. The zero-order valence-corrected chi connectivity index (χ0v) is 15.6. The van der Waals surface area contributed by atoms with Gasteiger partial charge >= 0.3 is 0 Å². The van der Waals surface area contributed by atoms with E-state index in [1.807, 2.05) is 0 Å². The Bertz CT molecular complexity index is 474. The predicted molar refractivity (Wildman–Crippen MR) is 96.8 cm³/mol. The number of ether oxygens (including phenoxy) is 2. The van der Waals surface area contributed by atoms with E-state index in [1.165, 1.54) is 25.3 Å². The molecular formula is C19H29F2O2P. The fourth-order valence-corrected chi connectivity index (χ4v) is 3.98. The SMILES string of the molecule is C=C/C(F)=C(F)\C(=C/C)OCC1CCC(C2CCC(P)OC2)CC1. The molecule has 0 aromatic rings. The van der Waals surface area contributed by atoms with Crippen LogP contribution in [0.3, 0.4) is 0 Å². The summed E-state index contributed by atoms with van der Waals surface area (Å²) in [6.07, 6.45) is 9.21. The monoisotopic (exact) mass is 358 g/mol. The molecular weight excluding hydrogens is 329 g/mol. The molecule has 3 atom stereocenters. The summed E-state index contributed by atoms with van der Waals surface area (Å²) in [4.78, 5) is 0. The third-order valence-corrected chi connectivity index (χ3v) is 5.77. The first-order valence-electron chi connectivity index (χ1n) is 8.89. The van der Waals surface area contributed by atoms with Crippen LogP contribution in [-0.2, 0) is 9.47 Å². The van der Waals surface area contributed by atoms with Crippen molar-refractivity contribution < 1.29 is 18.3 Å². The van der Waals surface area contributed by atoms with Crippen molar-refractivity contribution in [3.05, 3.63) is 36.1 Å². The zero-order valence-electron chi connectivity index (χ0n) is 14.5. The maximum atomic E-state index is 13.8. The number of hydrogen-bond donors (Lipinski definition) is 0. The summed E-state index contributed by atoms with van der Waals surface area (Å²) in [5, 5.41) is 0. The van der Waals surface area contributed by atoms with E-state index in [9.17, 15) is 8.78 Å². The van der Waals surface area contributed by atoms with Gasteiger partial charge in [-0.1, -0.05) is 6.58 Å². The van der Waals surface area contributed by atoms with Gasteiger partial charge in [-0.25, -0.2) is 4.39 Å². The molecule has 1 saturated carbocycles. The van der Waals surface area contributed by atoms with E-state index in [0.29, 0.717) is 24.3 Å². The summed E-state index contributed by atoms with van der Waals surface area (Å²) < 4.78 is 38.3. The Kier molecular flexibility index (Phi) is 7.90. The standard InChI is InChI=1S/C19H29F2O2P/c1-3-16(20)19(21)17(4-2)22-11-13-5-7-14(8-6-13)15-9-10-18(24)23-12-15/h3-4,13-15,18H,1,5-12,24H2,2H3/b17-4+,19-16-. The van der Waals surface area contributed by atoms with Crippen LogP contribution in [0.1, 0.15) is 45.4 Å². The molecule has 1 heterocycles. The first-order chi connectivity index (χ1) is 11.5. The van der Waals surface area contributed by atoms with Crippen molar-refractivity contribution in [2.24, 2.45) is 17.8 Å². The van der Waals surface area contributed by atoms with Crippen LogP contribution in [0.5, 0.6) is 0 Å². The molecule has 24 heavy (non-hydrogen) atoms. The molecule has 0 spiro atoms. The molecule has 1 aliphatic carbocycles. The Morgan fingerprint density at radius 3 is 2.38 bits per heavy atom. The molecule has 2 aliphatic rings. The molecule has 0 radical (unpaired) electrons. The fraction of sp³-hybridized carbons (Fsp3) is 0.684. The molecule has 136 valence electrons. The van der Waals surface area contributed by atoms with Gasteiger partial charge in [0.05, 0.1) is 19.1 Å². The summed E-state index contributed by atoms with van der Waals surface area (Å²) in [5.74, 6) is 0.177.